The minimum atomic E-state index is 0.125. The van der Waals surface area contributed by atoms with Crippen molar-refractivity contribution in [1.29, 1.82) is 0 Å². The first-order valence-electron chi connectivity index (χ1n) is 8.43. The Bertz CT molecular complexity index is 638. The fraction of sp³-hybridized carbons (Fsp3) is 0.350. The van der Waals surface area contributed by atoms with Gasteiger partial charge in [0.25, 0.3) is 0 Å². The predicted octanol–water partition coefficient (Wildman–Crippen LogP) is 5.37. The van der Waals surface area contributed by atoms with Gasteiger partial charge < -0.3 is 10.2 Å². The van der Waals surface area contributed by atoms with E-state index < -0.39 is 0 Å². The van der Waals surface area contributed by atoms with Crippen LogP contribution in [0.4, 0.5) is 3.89 Å². The molecule has 0 heterocycles. The second-order valence-corrected chi connectivity index (χ2v) is 6.28. The fourth-order valence-corrected chi connectivity index (χ4v) is 2.72. The normalized spacial score (nSPS) is 12.4. The van der Waals surface area contributed by atoms with E-state index in [4.69, 9.17) is 0 Å². The first kappa shape index (κ1) is 21.0. The highest BCUT2D eigenvalue weighted by atomic mass is 32.2. The fourth-order valence-electron chi connectivity index (χ4n) is 2.39. The van der Waals surface area contributed by atoms with Crippen LogP contribution in [0.15, 0.2) is 64.5 Å². The van der Waals surface area contributed by atoms with Crippen LogP contribution in [0.1, 0.15) is 30.9 Å². The number of allylic oxidation sites excluding steroid dienone is 2. The van der Waals surface area contributed by atoms with E-state index in [0.717, 1.165) is 31.6 Å². The molecule has 0 spiro atoms. The molecule has 1 N–H and O–H groups in total. The van der Waals surface area contributed by atoms with Crippen LogP contribution in [-0.2, 0) is 6.42 Å². The van der Waals surface area contributed by atoms with Crippen molar-refractivity contribution >= 4 is 18.9 Å². The van der Waals surface area contributed by atoms with Crippen LogP contribution in [0.2, 0.25) is 0 Å². The van der Waals surface area contributed by atoms with Crippen LogP contribution in [0.3, 0.4) is 0 Å². The maximum Gasteiger partial charge on any atom is 0.149 e. The lowest BCUT2D eigenvalue weighted by molar-refractivity contribution is 0.457. The van der Waals surface area contributed by atoms with E-state index in [1.54, 1.807) is 0 Å². The summed E-state index contributed by atoms with van der Waals surface area (Å²) in [4.78, 5) is 6.16. The van der Waals surface area contributed by atoms with Crippen LogP contribution in [-0.4, -0.2) is 25.2 Å². The van der Waals surface area contributed by atoms with Gasteiger partial charge in [-0.1, -0.05) is 44.2 Å². The Hall–Kier alpha value is -2.01. The van der Waals surface area contributed by atoms with Crippen molar-refractivity contribution in [3.05, 3.63) is 70.7 Å². The third-order valence-electron chi connectivity index (χ3n) is 3.93. The maximum atomic E-state index is 13.2. The standard InChI is InChI=1S/C20H28FN3S/c1-6-8-15-23-19(14-13-17-12-10-9-11-16(17)3)24(5)20(22-4)18(7-2)25-21/h7,9-12,14,23H,2,4,6,8,13,15H2,1,3,5H3/b19-14-,20-18+. The molecule has 0 amide bonds. The molecule has 0 aliphatic heterocycles. The molecule has 0 aliphatic rings. The van der Waals surface area contributed by atoms with Crippen LogP contribution >= 0.6 is 12.1 Å². The van der Waals surface area contributed by atoms with Gasteiger partial charge in [-0.25, -0.2) is 4.99 Å². The van der Waals surface area contributed by atoms with Gasteiger partial charge >= 0.3 is 0 Å². The van der Waals surface area contributed by atoms with E-state index in [9.17, 15) is 3.89 Å². The van der Waals surface area contributed by atoms with Crippen molar-refractivity contribution in [3.63, 3.8) is 0 Å². The summed E-state index contributed by atoms with van der Waals surface area (Å²) in [5.74, 6) is 1.33. The van der Waals surface area contributed by atoms with E-state index >= 15 is 0 Å². The van der Waals surface area contributed by atoms with E-state index in [0.29, 0.717) is 10.7 Å². The Balaban J connectivity index is 3.11. The molecule has 5 heteroatoms. The second kappa shape index (κ2) is 11.5. The SMILES string of the molecule is C=C/C(SF)=C(/N=C)N(C)/C(=C\Cc1ccccc1C)NCCCC. The lowest BCUT2D eigenvalue weighted by Gasteiger charge is -2.25. The molecule has 0 saturated heterocycles. The third-order valence-corrected chi connectivity index (χ3v) is 4.45. The van der Waals surface area contributed by atoms with Gasteiger partial charge in [-0.3, -0.25) is 0 Å². The highest BCUT2D eigenvalue weighted by Gasteiger charge is 2.13. The molecule has 0 unspecified atom stereocenters. The molecule has 25 heavy (non-hydrogen) atoms. The monoisotopic (exact) mass is 361 g/mol. The van der Waals surface area contributed by atoms with Gasteiger partial charge in [0, 0.05) is 13.6 Å². The van der Waals surface area contributed by atoms with E-state index in [1.165, 1.54) is 17.2 Å². The molecular formula is C20H28FN3S. The van der Waals surface area contributed by atoms with Crippen LogP contribution in [0, 0.1) is 6.92 Å². The molecule has 0 saturated carbocycles. The Kier molecular flexibility index (Phi) is 9.70. The summed E-state index contributed by atoms with van der Waals surface area (Å²) < 4.78 is 13.2. The summed E-state index contributed by atoms with van der Waals surface area (Å²) >= 11 is 0.125. The summed E-state index contributed by atoms with van der Waals surface area (Å²) in [7, 11) is 1.85. The first-order valence-corrected chi connectivity index (χ1v) is 9.14. The van der Waals surface area contributed by atoms with Gasteiger partial charge in [-0.2, -0.15) is 3.89 Å². The molecular weight excluding hydrogens is 333 g/mol. The lowest BCUT2D eigenvalue weighted by Crippen LogP contribution is -2.29. The van der Waals surface area contributed by atoms with E-state index in [2.05, 4.69) is 55.7 Å². The highest BCUT2D eigenvalue weighted by Crippen LogP contribution is 2.26. The molecule has 0 aromatic heterocycles. The summed E-state index contributed by atoms with van der Waals surface area (Å²) in [6.07, 6.45) is 6.50. The molecule has 1 aromatic carbocycles. The Morgan fingerprint density at radius 2 is 2.12 bits per heavy atom. The average Bonchev–Trinajstić information content (AvgIpc) is 2.63. The minimum absolute atomic E-state index is 0.125. The van der Waals surface area contributed by atoms with Crippen LogP contribution in [0.25, 0.3) is 0 Å². The maximum absolute atomic E-state index is 13.2. The number of benzene rings is 1. The topological polar surface area (TPSA) is 27.6 Å². The van der Waals surface area contributed by atoms with E-state index in [1.807, 2.05) is 24.1 Å². The van der Waals surface area contributed by atoms with Crippen molar-refractivity contribution in [2.24, 2.45) is 4.99 Å². The molecule has 0 atom stereocenters. The van der Waals surface area contributed by atoms with Gasteiger partial charge in [-0.15, -0.1) is 0 Å². The number of nitrogens with zero attached hydrogens (tertiary/aromatic N) is 2. The quantitative estimate of drug-likeness (QED) is 0.326. The Morgan fingerprint density at radius 3 is 2.68 bits per heavy atom. The Labute approximate surface area is 155 Å². The number of aryl methyl sites for hydroxylation is 1. The zero-order valence-corrected chi connectivity index (χ0v) is 16.2. The number of halogens is 1. The molecule has 0 radical (unpaired) electrons. The zero-order chi connectivity index (χ0) is 18.7. The highest BCUT2D eigenvalue weighted by molar-refractivity contribution is 7.98. The van der Waals surface area contributed by atoms with Crippen molar-refractivity contribution < 1.29 is 3.89 Å². The zero-order valence-electron chi connectivity index (χ0n) is 15.4. The van der Waals surface area contributed by atoms with Crippen LogP contribution < -0.4 is 5.32 Å². The summed E-state index contributed by atoms with van der Waals surface area (Å²) in [6.45, 7) is 12.3. The smallest absolute Gasteiger partial charge is 0.149 e. The number of hydrogen-bond acceptors (Lipinski definition) is 4. The molecule has 3 nitrogen and oxygen atoms in total. The molecule has 1 aromatic rings. The minimum Gasteiger partial charge on any atom is -0.372 e. The van der Waals surface area contributed by atoms with Crippen LogP contribution in [0.5, 0.6) is 0 Å². The van der Waals surface area contributed by atoms with Crippen molar-refractivity contribution in [2.75, 3.05) is 13.6 Å². The average molecular weight is 362 g/mol. The van der Waals surface area contributed by atoms with E-state index in [-0.39, 0.29) is 12.1 Å². The molecule has 136 valence electrons. The summed E-state index contributed by atoms with van der Waals surface area (Å²) in [5, 5.41) is 3.43. The summed E-state index contributed by atoms with van der Waals surface area (Å²) in [5.41, 5.74) is 2.50. The number of hydrogen-bond donors (Lipinski definition) is 1. The summed E-state index contributed by atoms with van der Waals surface area (Å²) in [6, 6.07) is 8.29. The molecule has 0 aliphatic carbocycles. The molecule has 1 rings (SSSR count). The van der Waals surface area contributed by atoms with Gasteiger partial charge in [0.1, 0.15) is 11.6 Å². The van der Waals surface area contributed by atoms with Gasteiger partial charge in [0.15, 0.2) is 0 Å². The molecule has 0 bridgehead atoms. The Morgan fingerprint density at radius 1 is 1.40 bits per heavy atom. The van der Waals surface area contributed by atoms with Gasteiger partial charge in [-0.05, 0) is 49.8 Å². The second-order valence-electron chi connectivity index (χ2n) is 5.69. The number of nitrogens with one attached hydrogen (secondary N) is 1. The van der Waals surface area contributed by atoms with Crippen molar-refractivity contribution in [1.82, 2.24) is 10.2 Å². The number of aliphatic imine (C=N–C) groups is 1. The number of unbranched alkanes of at least 4 members (excludes halogenated alkanes) is 1. The van der Waals surface area contributed by atoms with Crippen molar-refractivity contribution in [3.8, 4) is 0 Å². The largest absolute Gasteiger partial charge is 0.372 e. The predicted molar refractivity (Wildman–Crippen MR) is 109 cm³/mol. The molecule has 0 fully saturated rings. The third kappa shape index (κ3) is 6.42. The van der Waals surface area contributed by atoms with Gasteiger partial charge in [0.05, 0.1) is 17.1 Å². The lowest BCUT2D eigenvalue weighted by atomic mass is 10.1. The van der Waals surface area contributed by atoms with Gasteiger partial charge in [0.2, 0.25) is 0 Å². The van der Waals surface area contributed by atoms with Crippen molar-refractivity contribution in [2.45, 2.75) is 33.1 Å². The number of rotatable bonds is 11. The first-order chi connectivity index (χ1) is 12.1.